The van der Waals surface area contributed by atoms with Crippen molar-refractivity contribution in [1.29, 1.82) is 0 Å². The van der Waals surface area contributed by atoms with Crippen molar-refractivity contribution >= 4 is 16.7 Å². The van der Waals surface area contributed by atoms with Gasteiger partial charge in [0, 0.05) is 18.6 Å². The number of nitrogens with zero attached hydrogens (tertiary/aromatic N) is 1. The minimum Gasteiger partial charge on any atom is -0.481 e. The molecule has 0 saturated heterocycles. The van der Waals surface area contributed by atoms with Crippen LogP contribution in [0.5, 0.6) is 0 Å². The summed E-state index contributed by atoms with van der Waals surface area (Å²) in [6.45, 7) is 6.95. The Morgan fingerprint density at radius 1 is 1.10 bits per heavy atom. The van der Waals surface area contributed by atoms with Crippen molar-refractivity contribution in [2.24, 2.45) is 0 Å². The Kier molecular flexibility index (Phi) is 4.97. The summed E-state index contributed by atoms with van der Waals surface area (Å²) in [5.41, 5.74) is 1.26. The van der Waals surface area contributed by atoms with Crippen molar-refractivity contribution in [2.45, 2.75) is 39.3 Å². The molecule has 1 unspecified atom stereocenters. The number of rotatable bonds is 6. The Morgan fingerprint density at radius 3 is 2.43 bits per heavy atom. The molecule has 3 nitrogen and oxygen atoms in total. The number of hydrogen-bond acceptors (Lipinski definition) is 2. The van der Waals surface area contributed by atoms with Crippen molar-refractivity contribution in [1.82, 2.24) is 4.90 Å². The molecule has 0 aliphatic carbocycles. The Hall–Kier alpha value is -1.87. The van der Waals surface area contributed by atoms with E-state index in [1.54, 1.807) is 0 Å². The van der Waals surface area contributed by atoms with E-state index in [0.29, 0.717) is 12.6 Å². The molecule has 1 N–H and O–H groups in total. The van der Waals surface area contributed by atoms with Crippen LogP contribution in [0.25, 0.3) is 10.8 Å². The van der Waals surface area contributed by atoms with Crippen LogP contribution in [-0.2, 0) is 4.79 Å². The minimum absolute atomic E-state index is 0.174. The molecule has 1 atom stereocenters. The predicted molar refractivity (Wildman–Crippen MR) is 86.5 cm³/mol. The van der Waals surface area contributed by atoms with Crippen LogP contribution in [0.3, 0.4) is 0 Å². The molecule has 0 bridgehead atoms. The van der Waals surface area contributed by atoms with Crippen LogP contribution in [0.2, 0.25) is 0 Å². The third kappa shape index (κ3) is 3.61. The summed E-state index contributed by atoms with van der Waals surface area (Å²) < 4.78 is 0. The third-order valence-corrected chi connectivity index (χ3v) is 4.02. The molecule has 112 valence electrons. The summed E-state index contributed by atoms with van der Waals surface area (Å²) >= 11 is 0. The number of hydrogen-bond donors (Lipinski definition) is 1. The lowest BCUT2D eigenvalue weighted by molar-refractivity contribution is -0.137. The van der Waals surface area contributed by atoms with E-state index in [-0.39, 0.29) is 12.5 Å². The molecular weight excluding hydrogens is 262 g/mol. The van der Waals surface area contributed by atoms with Gasteiger partial charge in [-0.25, -0.2) is 0 Å². The molecule has 2 aromatic rings. The number of carbonyl (C=O) groups is 1. The molecule has 0 saturated carbocycles. The first-order valence-corrected chi connectivity index (χ1v) is 7.46. The lowest BCUT2D eigenvalue weighted by Gasteiger charge is -2.33. The van der Waals surface area contributed by atoms with Crippen molar-refractivity contribution in [2.75, 3.05) is 6.54 Å². The molecule has 0 spiro atoms. The maximum Gasteiger partial charge on any atom is 0.304 e. The Bertz CT molecular complexity index is 616. The van der Waals surface area contributed by atoms with Gasteiger partial charge in [0.15, 0.2) is 0 Å². The van der Waals surface area contributed by atoms with Crippen LogP contribution in [0.1, 0.15) is 38.8 Å². The van der Waals surface area contributed by atoms with E-state index < -0.39 is 5.97 Å². The van der Waals surface area contributed by atoms with E-state index >= 15 is 0 Å². The average Bonchev–Trinajstić information content (AvgIpc) is 2.46. The molecule has 0 fully saturated rings. The Balaban J connectivity index is 2.34. The highest BCUT2D eigenvalue weighted by atomic mass is 16.4. The molecule has 21 heavy (non-hydrogen) atoms. The molecule has 3 heteroatoms. The van der Waals surface area contributed by atoms with Gasteiger partial charge in [0.25, 0.3) is 0 Å². The second kappa shape index (κ2) is 6.72. The highest BCUT2D eigenvalue weighted by Gasteiger charge is 2.20. The van der Waals surface area contributed by atoms with Gasteiger partial charge >= 0.3 is 5.97 Å². The van der Waals surface area contributed by atoms with Gasteiger partial charge in [0.1, 0.15) is 0 Å². The standard InChI is InChI=1S/C18H23NO2/c1-13(2)19(12-11-18(20)21)14(3)16-10-6-8-15-7-4-5-9-17(15)16/h4-10,13-14H,11-12H2,1-3H3,(H,20,21). The number of fused-ring (bicyclic) bond motifs is 1. The normalized spacial score (nSPS) is 13.0. The predicted octanol–water partition coefficient (Wildman–Crippen LogP) is 4.09. The van der Waals surface area contributed by atoms with Gasteiger partial charge in [-0.15, -0.1) is 0 Å². The van der Waals surface area contributed by atoms with Crippen LogP contribution in [0, 0.1) is 0 Å². The summed E-state index contributed by atoms with van der Waals surface area (Å²) in [4.78, 5) is 13.1. The van der Waals surface area contributed by atoms with Crippen LogP contribution in [0.4, 0.5) is 0 Å². The van der Waals surface area contributed by atoms with Gasteiger partial charge in [-0.2, -0.15) is 0 Å². The van der Waals surface area contributed by atoms with Gasteiger partial charge < -0.3 is 5.11 Å². The van der Waals surface area contributed by atoms with Crippen LogP contribution >= 0.6 is 0 Å². The van der Waals surface area contributed by atoms with Crippen molar-refractivity contribution < 1.29 is 9.90 Å². The lowest BCUT2D eigenvalue weighted by Crippen LogP contribution is -2.35. The van der Waals surface area contributed by atoms with E-state index in [1.807, 2.05) is 6.07 Å². The van der Waals surface area contributed by atoms with E-state index in [2.05, 4.69) is 62.1 Å². The number of carboxylic acids is 1. The zero-order valence-electron chi connectivity index (χ0n) is 12.9. The maximum atomic E-state index is 10.9. The van der Waals surface area contributed by atoms with Gasteiger partial charge in [0.2, 0.25) is 0 Å². The Labute approximate surface area is 126 Å². The highest BCUT2D eigenvalue weighted by Crippen LogP contribution is 2.29. The fraction of sp³-hybridized carbons (Fsp3) is 0.389. The van der Waals surface area contributed by atoms with Crippen LogP contribution < -0.4 is 0 Å². The van der Waals surface area contributed by atoms with Crippen molar-refractivity contribution in [3.05, 3.63) is 48.0 Å². The van der Waals surface area contributed by atoms with Crippen molar-refractivity contribution in [3.63, 3.8) is 0 Å². The smallest absolute Gasteiger partial charge is 0.304 e. The quantitative estimate of drug-likeness (QED) is 0.869. The van der Waals surface area contributed by atoms with Gasteiger partial charge in [-0.05, 0) is 37.1 Å². The highest BCUT2D eigenvalue weighted by molar-refractivity contribution is 5.86. The fourth-order valence-electron chi connectivity index (χ4n) is 2.92. The van der Waals surface area contributed by atoms with Gasteiger partial charge in [-0.1, -0.05) is 42.5 Å². The monoisotopic (exact) mass is 285 g/mol. The zero-order chi connectivity index (χ0) is 15.4. The third-order valence-electron chi connectivity index (χ3n) is 4.02. The SMILES string of the molecule is CC(C)N(CCC(=O)O)C(C)c1cccc2ccccc12. The first kappa shape index (κ1) is 15.5. The molecule has 2 rings (SSSR count). The van der Waals surface area contributed by atoms with E-state index in [0.717, 1.165) is 0 Å². The van der Waals surface area contributed by atoms with Crippen LogP contribution in [0.15, 0.2) is 42.5 Å². The molecule has 0 aliphatic heterocycles. The topological polar surface area (TPSA) is 40.5 Å². The fourth-order valence-corrected chi connectivity index (χ4v) is 2.92. The first-order chi connectivity index (χ1) is 10.0. The molecule has 0 radical (unpaired) electrons. The number of aliphatic carboxylic acids is 1. The molecule has 2 aromatic carbocycles. The van der Waals surface area contributed by atoms with E-state index in [9.17, 15) is 4.79 Å². The maximum absolute atomic E-state index is 10.9. The average molecular weight is 285 g/mol. The summed E-state index contributed by atoms with van der Waals surface area (Å²) in [6.07, 6.45) is 0.174. The molecule has 0 aromatic heterocycles. The second-order valence-corrected chi connectivity index (χ2v) is 5.72. The summed E-state index contributed by atoms with van der Waals surface area (Å²) in [5, 5.41) is 11.4. The second-order valence-electron chi connectivity index (χ2n) is 5.72. The number of benzene rings is 2. The van der Waals surface area contributed by atoms with Gasteiger partial charge in [0.05, 0.1) is 6.42 Å². The van der Waals surface area contributed by atoms with Crippen LogP contribution in [-0.4, -0.2) is 28.6 Å². The van der Waals surface area contributed by atoms with Crippen molar-refractivity contribution in [3.8, 4) is 0 Å². The zero-order valence-corrected chi connectivity index (χ0v) is 12.9. The van der Waals surface area contributed by atoms with E-state index in [4.69, 9.17) is 5.11 Å². The minimum atomic E-state index is -0.745. The Morgan fingerprint density at radius 2 is 1.76 bits per heavy atom. The summed E-state index contributed by atoms with van der Waals surface area (Å²) in [5.74, 6) is -0.745. The summed E-state index contributed by atoms with van der Waals surface area (Å²) in [7, 11) is 0. The molecule has 0 amide bonds. The first-order valence-electron chi connectivity index (χ1n) is 7.46. The largest absolute Gasteiger partial charge is 0.481 e. The number of carboxylic acid groups (broad SMARTS) is 1. The van der Waals surface area contributed by atoms with E-state index in [1.165, 1.54) is 16.3 Å². The molecular formula is C18H23NO2. The lowest BCUT2D eigenvalue weighted by atomic mass is 9.98. The van der Waals surface area contributed by atoms with Gasteiger partial charge in [-0.3, -0.25) is 9.69 Å². The molecule has 0 aliphatic rings. The summed E-state index contributed by atoms with van der Waals surface area (Å²) in [6, 6.07) is 15.2. The molecule has 0 heterocycles.